The van der Waals surface area contributed by atoms with Gasteiger partial charge in [0.25, 0.3) is 0 Å². The Balaban J connectivity index is 2.31. The molecule has 1 saturated carbocycles. The van der Waals surface area contributed by atoms with Gasteiger partial charge in [0.1, 0.15) is 0 Å². The van der Waals surface area contributed by atoms with Crippen LogP contribution in [0.15, 0.2) is 0 Å². The molecule has 1 atom stereocenters. The molecule has 10 heavy (non-hydrogen) atoms. The quantitative estimate of drug-likeness (QED) is 0.570. The van der Waals surface area contributed by atoms with E-state index in [9.17, 15) is 4.79 Å². The Morgan fingerprint density at radius 3 is 2.50 bits per heavy atom. The normalized spacial score (nSPS) is 23.5. The molecule has 0 aliphatic heterocycles. The third kappa shape index (κ3) is 1.70. The molecule has 0 heterocycles. The van der Waals surface area contributed by atoms with Crippen LogP contribution in [0, 0.1) is 0 Å². The molecule has 0 aromatic rings. The summed E-state index contributed by atoms with van der Waals surface area (Å²) in [6.07, 6.45) is 2.18. The SMILES string of the molecule is CC(N)C(=O)NC1(C)CC1. The van der Waals surface area contributed by atoms with Crippen molar-refractivity contribution in [2.75, 3.05) is 0 Å². The van der Waals surface area contributed by atoms with E-state index in [-0.39, 0.29) is 17.5 Å². The lowest BCUT2D eigenvalue weighted by Gasteiger charge is -2.12. The Hall–Kier alpha value is -0.570. The van der Waals surface area contributed by atoms with Crippen molar-refractivity contribution in [3.8, 4) is 0 Å². The van der Waals surface area contributed by atoms with Crippen molar-refractivity contribution < 1.29 is 4.79 Å². The van der Waals surface area contributed by atoms with Crippen molar-refractivity contribution in [3.05, 3.63) is 0 Å². The maximum Gasteiger partial charge on any atom is 0.237 e. The zero-order valence-electron chi connectivity index (χ0n) is 6.48. The molecule has 3 nitrogen and oxygen atoms in total. The van der Waals surface area contributed by atoms with Crippen LogP contribution >= 0.6 is 0 Å². The van der Waals surface area contributed by atoms with E-state index >= 15 is 0 Å². The molecule has 3 N–H and O–H groups in total. The van der Waals surface area contributed by atoms with Gasteiger partial charge in [0.15, 0.2) is 0 Å². The summed E-state index contributed by atoms with van der Waals surface area (Å²) in [5, 5.41) is 2.87. The summed E-state index contributed by atoms with van der Waals surface area (Å²) in [7, 11) is 0. The van der Waals surface area contributed by atoms with Crippen LogP contribution in [-0.2, 0) is 4.79 Å². The molecule has 0 aromatic carbocycles. The fourth-order valence-corrected chi connectivity index (χ4v) is 0.724. The van der Waals surface area contributed by atoms with Gasteiger partial charge in [-0.3, -0.25) is 4.79 Å². The summed E-state index contributed by atoms with van der Waals surface area (Å²) in [6.45, 7) is 3.73. The predicted octanol–water partition coefficient (Wildman–Crippen LogP) is 0.00230. The van der Waals surface area contributed by atoms with Crippen molar-refractivity contribution in [2.45, 2.75) is 38.3 Å². The van der Waals surface area contributed by atoms with Crippen molar-refractivity contribution in [1.82, 2.24) is 5.32 Å². The smallest absolute Gasteiger partial charge is 0.237 e. The number of hydrogen-bond acceptors (Lipinski definition) is 2. The molecule has 1 unspecified atom stereocenters. The first-order valence-corrected chi connectivity index (χ1v) is 3.61. The van der Waals surface area contributed by atoms with E-state index < -0.39 is 0 Å². The molecule has 0 bridgehead atoms. The maximum absolute atomic E-state index is 11.0. The molecular weight excluding hydrogens is 128 g/mol. The summed E-state index contributed by atoms with van der Waals surface area (Å²) in [6, 6.07) is -0.377. The minimum absolute atomic E-state index is 0.0417. The van der Waals surface area contributed by atoms with Gasteiger partial charge in [-0.2, -0.15) is 0 Å². The highest BCUT2D eigenvalue weighted by Gasteiger charge is 2.38. The van der Waals surface area contributed by atoms with E-state index in [1.54, 1.807) is 6.92 Å². The molecule has 0 saturated heterocycles. The molecule has 0 radical (unpaired) electrons. The summed E-state index contributed by atoms with van der Waals surface area (Å²) in [5.74, 6) is -0.0417. The minimum Gasteiger partial charge on any atom is -0.350 e. The van der Waals surface area contributed by atoms with Crippen molar-refractivity contribution in [1.29, 1.82) is 0 Å². The lowest BCUT2D eigenvalue weighted by Crippen LogP contribution is -2.43. The van der Waals surface area contributed by atoms with Crippen molar-refractivity contribution in [3.63, 3.8) is 0 Å². The zero-order chi connectivity index (χ0) is 7.78. The van der Waals surface area contributed by atoms with Gasteiger partial charge in [-0.15, -0.1) is 0 Å². The van der Waals surface area contributed by atoms with Gasteiger partial charge in [0, 0.05) is 5.54 Å². The highest BCUT2D eigenvalue weighted by atomic mass is 16.2. The summed E-state index contributed by atoms with van der Waals surface area (Å²) < 4.78 is 0. The number of nitrogens with two attached hydrogens (primary N) is 1. The summed E-state index contributed by atoms with van der Waals surface area (Å²) >= 11 is 0. The van der Waals surface area contributed by atoms with Crippen molar-refractivity contribution in [2.24, 2.45) is 5.73 Å². The minimum atomic E-state index is -0.377. The van der Waals surface area contributed by atoms with Crippen molar-refractivity contribution >= 4 is 5.91 Å². The second kappa shape index (κ2) is 2.23. The number of carbonyl (C=O) groups excluding carboxylic acids is 1. The molecule has 1 aliphatic rings. The molecule has 1 rings (SSSR count). The second-order valence-electron chi connectivity index (χ2n) is 3.34. The average molecular weight is 142 g/mol. The lowest BCUT2D eigenvalue weighted by atomic mass is 10.2. The molecular formula is C7H14N2O. The van der Waals surface area contributed by atoms with Crippen LogP contribution in [0.2, 0.25) is 0 Å². The molecule has 0 aromatic heterocycles. The molecule has 3 heteroatoms. The number of rotatable bonds is 2. The van der Waals surface area contributed by atoms with E-state index in [4.69, 9.17) is 5.73 Å². The van der Waals surface area contributed by atoms with Crippen LogP contribution in [0.1, 0.15) is 26.7 Å². The topological polar surface area (TPSA) is 55.1 Å². The highest BCUT2D eigenvalue weighted by molar-refractivity contribution is 5.82. The van der Waals surface area contributed by atoms with Crippen LogP contribution in [0.3, 0.4) is 0 Å². The highest BCUT2D eigenvalue weighted by Crippen LogP contribution is 2.34. The Kier molecular flexibility index (Phi) is 1.68. The first-order chi connectivity index (χ1) is 4.53. The molecule has 1 aliphatic carbocycles. The first-order valence-electron chi connectivity index (χ1n) is 3.61. The average Bonchev–Trinajstić information content (AvgIpc) is 2.47. The summed E-state index contributed by atoms with van der Waals surface area (Å²) in [5.41, 5.74) is 5.43. The standard InChI is InChI=1S/C7H14N2O/c1-5(8)6(10)9-7(2)3-4-7/h5H,3-4,8H2,1-2H3,(H,9,10). The third-order valence-electron chi connectivity index (χ3n) is 1.84. The Morgan fingerprint density at radius 2 is 2.20 bits per heavy atom. The Morgan fingerprint density at radius 1 is 1.70 bits per heavy atom. The maximum atomic E-state index is 11.0. The molecule has 1 fully saturated rings. The molecule has 1 amide bonds. The Labute approximate surface area is 61.0 Å². The monoisotopic (exact) mass is 142 g/mol. The third-order valence-corrected chi connectivity index (χ3v) is 1.84. The van der Waals surface area contributed by atoms with E-state index in [1.807, 2.05) is 6.92 Å². The number of nitrogens with one attached hydrogen (secondary N) is 1. The van der Waals surface area contributed by atoms with Gasteiger partial charge in [-0.1, -0.05) is 0 Å². The van der Waals surface area contributed by atoms with E-state index in [2.05, 4.69) is 5.32 Å². The van der Waals surface area contributed by atoms with Gasteiger partial charge >= 0.3 is 0 Å². The fourth-order valence-electron chi connectivity index (χ4n) is 0.724. The van der Waals surface area contributed by atoms with Gasteiger partial charge < -0.3 is 11.1 Å². The van der Waals surface area contributed by atoms with Gasteiger partial charge in [0.05, 0.1) is 6.04 Å². The van der Waals surface area contributed by atoms with Crippen LogP contribution in [0.25, 0.3) is 0 Å². The zero-order valence-corrected chi connectivity index (χ0v) is 6.48. The fraction of sp³-hybridized carbons (Fsp3) is 0.857. The second-order valence-corrected chi connectivity index (χ2v) is 3.34. The van der Waals surface area contributed by atoms with Gasteiger partial charge in [-0.05, 0) is 26.7 Å². The van der Waals surface area contributed by atoms with Crippen LogP contribution in [-0.4, -0.2) is 17.5 Å². The first kappa shape index (κ1) is 7.54. The predicted molar refractivity (Wildman–Crippen MR) is 39.4 cm³/mol. The van der Waals surface area contributed by atoms with Gasteiger partial charge in [0.2, 0.25) is 5.91 Å². The molecule has 58 valence electrons. The van der Waals surface area contributed by atoms with E-state index in [0.29, 0.717) is 0 Å². The van der Waals surface area contributed by atoms with Crippen LogP contribution < -0.4 is 11.1 Å². The largest absolute Gasteiger partial charge is 0.350 e. The van der Waals surface area contributed by atoms with Crippen LogP contribution in [0.5, 0.6) is 0 Å². The molecule has 0 spiro atoms. The Bertz CT molecular complexity index is 150. The van der Waals surface area contributed by atoms with Gasteiger partial charge in [-0.25, -0.2) is 0 Å². The number of carbonyl (C=O) groups is 1. The van der Waals surface area contributed by atoms with E-state index in [0.717, 1.165) is 12.8 Å². The summed E-state index contributed by atoms with van der Waals surface area (Å²) in [4.78, 5) is 11.0. The number of hydrogen-bond donors (Lipinski definition) is 2. The number of amides is 1. The van der Waals surface area contributed by atoms with E-state index in [1.165, 1.54) is 0 Å². The van der Waals surface area contributed by atoms with Crippen LogP contribution in [0.4, 0.5) is 0 Å². The lowest BCUT2D eigenvalue weighted by molar-refractivity contribution is -0.122.